The minimum atomic E-state index is -3.57. The Kier molecular flexibility index (Phi) is 6.55. The highest BCUT2D eigenvalue weighted by Gasteiger charge is 2.17. The van der Waals surface area contributed by atoms with Gasteiger partial charge in [0.15, 0.2) is 5.75 Å². The van der Waals surface area contributed by atoms with E-state index in [-0.39, 0.29) is 6.61 Å². The predicted molar refractivity (Wildman–Crippen MR) is 67.7 cm³/mol. The summed E-state index contributed by atoms with van der Waals surface area (Å²) in [5, 5.41) is 3.22. The number of carbonyl (C=O) groups is 1. The van der Waals surface area contributed by atoms with Crippen LogP contribution in [0.3, 0.4) is 0 Å². The quantitative estimate of drug-likeness (QED) is 0.544. The molecule has 106 valence electrons. The normalized spacial score (nSPS) is 17.6. The predicted octanol–water partition coefficient (Wildman–Crippen LogP) is -1.63. The second-order valence-electron chi connectivity index (χ2n) is 4.05. The molecule has 0 amide bonds. The van der Waals surface area contributed by atoms with E-state index in [0.717, 1.165) is 26.2 Å². The molecule has 0 aliphatic carbocycles. The van der Waals surface area contributed by atoms with Crippen LogP contribution in [0.4, 0.5) is 0 Å². The number of rotatable bonds is 7. The van der Waals surface area contributed by atoms with E-state index in [4.69, 9.17) is 0 Å². The van der Waals surface area contributed by atoms with Gasteiger partial charge in [0.2, 0.25) is 10.0 Å². The minimum Gasteiger partial charge on any atom is -0.465 e. The molecular formula is C10H21N3O4S. The van der Waals surface area contributed by atoms with Crippen molar-refractivity contribution >= 4 is 16.0 Å². The van der Waals surface area contributed by atoms with Crippen molar-refractivity contribution in [2.45, 2.75) is 6.92 Å². The summed E-state index contributed by atoms with van der Waals surface area (Å²) in [4.78, 5) is 13.2. The van der Waals surface area contributed by atoms with Gasteiger partial charge in [-0.15, -0.1) is 0 Å². The van der Waals surface area contributed by atoms with Crippen LogP contribution in [0.1, 0.15) is 6.92 Å². The van der Waals surface area contributed by atoms with E-state index in [9.17, 15) is 13.2 Å². The van der Waals surface area contributed by atoms with Crippen molar-refractivity contribution in [3.8, 4) is 0 Å². The van der Waals surface area contributed by atoms with Gasteiger partial charge in [0, 0.05) is 39.3 Å². The zero-order valence-corrected chi connectivity index (χ0v) is 11.5. The largest absolute Gasteiger partial charge is 0.465 e. The van der Waals surface area contributed by atoms with Crippen LogP contribution in [0.15, 0.2) is 0 Å². The summed E-state index contributed by atoms with van der Waals surface area (Å²) in [7, 11) is -3.57. The number of ether oxygens (including phenoxy) is 1. The summed E-state index contributed by atoms with van der Waals surface area (Å²) in [5.41, 5.74) is 0. The van der Waals surface area contributed by atoms with Crippen molar-refractivity contribution in [3.05, 3.63) is 0 Å². The molecule has 1 fully saturated rings. The third-order valence-electron chi connectivity index (χ3n) is 2.57. The lowest BCUT2D eigenvalue weighted by Gasteiger charge is -2.26. The van der Waals surface area contributed by atoms with Crippen LogP contribution >= 0.6 is 0 Å². The highest BCUT2D eigenvalue weighted by atomic mass is 32.2. The molecule has 1 heterocycles. The Labute approximate surface area is 108 Å². The Bertz CT molecular complexity index is 352. The van der Waals surface area contributed by atoms with Crippen LogP contribution in [0.25, 0.3) is 0 Å². The van der Waals surface area contributed by atoms with Gasteiger partial charge < -0.3 is 10.1 Å². The van der Waals surface area contributed by atoms with E-state index >= 15 is 0 Å². The van der Waals surface area contributed by atoms with E-state index in [1.165, 1.54) is 0 Å². The van der Waals surface area contributed by atoms with E-state index < -0.39 is 21.7 Å². The molecule has 0 saturated carbocycles. The number of esters is 1. The van der Waals surface area contributed by atoms with Gasteiger partial charge in [0.1, 0.15) is 0 Å². The maximum absolute atomic E-state index is 11.5. The second-order valence-corrected chi connectivity index (χ2v) is 5.86. The van der Waals surface area contributed by atoms with E-state index in [0.29, 0.717) is 13.1 Å². The van der Waals surface area contributed by atoms with Crippen LogP contribution in [0.5, 0.6) is 0 Å². The zero-order chi connectivity index (χ0) is 13.4. The Hall–Kier alpha value is -0.700. The van der Waals surface area contributed by atoms with Crippen molar-refractivity contribution in [2.24, 2.45) is 0 Å². The SMILES string of the molecule is CCOC(=O)CS(=O)(=O)NCCN1CCNCC1. The van der Waals surface area contributed by atoms with Gasteiger partial charge in [-0.1, -0.05) is 0 Å². The van der Waals surface area contributed by atoms with E-state index in [2.05, 4.69) is 19.7 Å². The Balaban J connectivity index is 2.22. The molecule has 8 heteroatoms. The van der Waals surface area contributed by atoms with Gasteiger partial charge in [-0.05, 0) is 6.92 Å². The lowest BCUT2D eigenvalue weighted by atomic mass is 10.3. The highest BCUT2D eigenvalue weighted by molar-refractivity contribution is 7.90. The van der Waals surface area contributed by atoms with Crippen LogP contribution in [0.2, 0.25) is 0 Å². The summed E-state index contributed by atoms with van der Waals surface area (Å²) in [6, 6.07) is 0. The molecule has 0 aromatic heterocycles. The smallest absolute Gasteiger partial charge is 0.322 e. The van der Waals surface area contributed by atoms with Crippen molar-refractivity contribution in [2.75, 3.05) is 51.6 Å². The third kappa shape index (κ3) is 6.29. The number of hydrogen-bond acceptors (Lipinski definition) is 6. The molecule has 0 spiro atoms. The molecule has 0 radical (unpaired) electrons. The Morgan fingerprint density at radius 1 is 1.39 bits per heavy atom. The maximum Gasteiger partial charge on any atom is 0.322 e. The molecule has 0 atom stereocenters. The molecule has 0 aromatic rings. The first-order valence-electron chi connectivity index (χ1n) is 6.09. The first-order valence-corrected chi connectivity index (χ1v) is 7.75. The molecule has 2 N–H and O–H groups in total. The summed E-state index contributed by atoms with van der Waals surface area (Å²) in [6.07, 6.45) is 0. The Morgan fingerprint density at radius 2 is 2.06 bits per heavy atom. The zero-order valence-electron chi connectivity index (χ0n) is 10.6. The average Bonchev–Trinajstić information content (AvgIpc) is 2.29. The molecule has 1 aliphatic rings. The molecule has 1 saturated heterocycles. The molecule has 0 bridgehead atoms. The van der Waals surface area contributed by atoms with Crippen molar-refractivity contribution in [1.29, 1.82) is 0 Å². The average molecular weight is 279 g/mol. The monoisotopic (exact) mass is 279 g/mol. The van der Waals surface area contributed by atoms with Crippen molar-refractivity contribution in [1.82, 2.24) is 14.9 Å². The lowest BCUT2D eigenvalue weighted by molar-refractivity contribution is -0.139. The molecular weight excluding hydrogens is 258 g/mol. The topological polar surface area (TPSA) is 87.7 Å². The number of piperazine rings is 1. The number of nitrogens with zero attached hydrogens (tertiary/aromatic N) is 1. The molecule has 0 aromatic carbocycles. The number of carbonyl (C=O) groups excluding carboxylic acids is 1. The minimum absolute atomic E-state index is 0.190. The number of sulfonamides is 1. The van der Waals surface area contributed by atoms with Gasteiger partial charge in [-0.2, -0.15) is 0 Å². The van der Waals surface area contributed by atoms with Crippen LogP contribution in [-0.2, 0) is 19.6 Å². The second kappa shape index (κ2) is 7.67. The van der Waals surface area contributed by atoms with Gasteiger partial charge in [-0.25, -0.2) is 13.1 Å². The lowest BCUT2D eigenvalue weighted by Crippen LogP contribution is -2.46. The summed E-state index contributed by atoms with van der Waals surface area (Å²) < 4.78 is 30.0. The fourth-order valence-electron chi connectivity index (χ4n) is 1.70. The number of nitrogens with one attached hydrogen (secondary N) is 2. The van der Waals surface area contributed by atoms with E-state index in [1.54, 1.807) is 6.92 Å². The summed E-state index contributed by atoms with van der Waals surface area (Å²) >= 11 is 0. The van der Waals surface area contributed by atoms with Crippen LogP contribution in [-0.4, -0.2) is 70.9 Å². The molecule has 7 nitrogen and oxygen atoms in total. The highest BCUT2D eigenvalue weighted by Crippen LogP contribution is 1.92. The van der Waals surface area contributed by atoms with Gasteiger partial charge in [0.05, 0.1) is 6.61 Å². The Morgan fingerprint density at radius 3 is 2.67 bits per heavy atom. The fourth-order valence-corrected chi connectivity index (χ4v) is 2.60. The molecule has 1 aliphatic heterocycles. The standard InChI is InChI=1S/C10H21N3O4S/c1-2-17-10(14)9-18(15,16)12-5-8-13-6-3-11-4-7-13/h11-12H,2-9H2,1H3. The van der Waals surface area contributed by atoms with Gasteiger partial charge in [-0.3, -0.25) is 9.69 Å². The molecule has 0 unspecified atom stereocenters. The van der Waals surface area contributed by atoms with Gasteiger partial charge >= 0.3 is 5.97 Å². The third-order valence-corrected chi connectivity index (χ3v) is 3.83. The molecule has 18 heavy (non-hydrogen) atoms. The first-order chi connectivity index (χ1) is 8.53. The maximum atomic E-state index is 11.5. The summed E-state index contributed by atoms with van der Waals surface area (Å²) in [5.74, 6) is -1.32. The van der Waals surface area contributed by atoms with Crippen molar-refractivity contribution in [3.63, 3.8) is 0 Å². The molecule has 1 rings (SSSR count). The van der Waals surface area contributed by atoms with E-state index in [1.807, 2.05) is 0 Å². The number of hydrogen-bond donors (Lipinski definition) is 2. The fraction of sp³-hybridized carbons (Fsp3) is 0.900. The van der Waals surface area contributed by atoms with Gasteiger partial charge in [0.25, 0.3) is 0 Å². The first kappa shape index (κ1) is 15.4. The van der Waals surface area contributed by atoms with Crippen LogP contribution < -0.4 is 10.0 Å². The van der Waals surface area contributed by atoms with Crippen molar-refractivity contribution < 1.29 is 17.9 Å². The summed E-state index contributed by atoms with van der Waals surface area (Å²) in [6.45, 7) is 6.49. The van der Waals surface area contributed by atoms with Crippen LogP contribution in [0, 0.1) is 0 Å².